The molecule has 0 radical (unpaired) electrons. The summed E-state index contributed by atoms with van der Waals surface area (Å²) in [6, 6.07) is 14.9. The Labute approximate surface area is 170 Å². The predicted octanol–water partition coefficient (Wildman–Crippen LogP) is 3.52. The number of benzene rings is 2. The summed E-state index contributed by atoms with van der Waals surface area (Å²) < 4.78 is 10.8. The van der Waals surface area contributed by atoms with E-state index in [2.05, 4.69) is 4.98 Å². The van der Waals surface area contributed by atoms with Crippen molar-refractivity contribution < 1.29 is 14.3 Å². The SMILES string of the molecule is CCOc1ccccc1C(=O)N(CCOC)Cc1cc2cccc(C)c2[nH]c1=O. The Kier molecular flexibility index (Phi) is 6.67. The van der Waals surface area contributed by atoms with Crippen LogP contribution in [0.25, 0.3) is 10.9 Å². The highest BCUT2D eigenvalue weighted by Gasteiger charge is 2.21. The number of methoxy groups -OCH3 is 1. The largest absolute Gasteiger partial charge is 0.493 e. The predicted molar refractivity (Wildman–Crippen MR) is 114 cm³/mol. The number of ether oxygens (including phenoxy) is 2. The van der Waals surface area contributed by atoms with E-state index in [4.69, 9.17) is 9.47 Å². The van der Waals surface area contributed by atoms with Crippen molar-refractivity contribution in [1.29, 1.82) is 0 Å². The lowest BCUT2D eigenvalue weighted by Crippen LogP contribution is -2.35. The maximum atomic E-state index is 13.3. The van der Waals surface area contributed by atoms with Crippen LogP contribution in [0.2, 0.25) is 0 Å². The molecule has 0 aliphatic carbocycles. The molecule has 0 saturated heterocycles. The highest BCUT2D eigenvalue weighted by molar-refractivity contribution is 5.97. The maximum absolute atomic E-state index is 13.3. The fourth-order valence-electron chi connectivity index (χ4n) is 3.30. The third kappa shape index (κ3) is 4.66. The molecule has 0 saturated carbocycles. The molecule has 1 heterocycles. The first-order chi connectivity index (χ1) is 14.0. The number of rotatable bonds is 8. The maximum Gasteiger partial charge on any atom is 0.258 e. The third-order valence-electron chi connectivity index (χ3n) is 4.80. The van der Waals surface area contributed by atoms with Gasteiger partial charge in [-0.3, -0.25) is 9.59 Å². The number of fused-ring (bicyclic) bond motifs is 1. The van der Waals surface area contributed by atoms with Gasteiger partial charge in [0.15, 0.2) is 0 Å². The van der Waals surface area contributed by atoms with E-state index in [9.17, 15) is 9.59 Å². The summed E-state index contributed by atoms with van der Waals surface area (Å²) >= 11 is 0. The van der Waals surface area contributed by atoms with Crippen molar-refractivity contribution in [2.75, 3.05) is 26.9 Å². The molecule has 0 aliphatic heterocycles. The van der Waals surface area contributed by atoms with Gasteiger partial charge in [-0.1, -0.05) is 30.3 Å². The Morgan fingerprint density at radius 3 is 2.69 bits per heavy atom. The van der Waals surface area contributed by atoms with Crippen LogP contribution >= 0.6 is 0 Å². The van der Waals surface area contributed by atoms with Crippen molar-refractivity contribution in [1.82, 2.24) is 9.88 Å². The number of carbonyl (C=O) groups excluding carboxylic acids is 1. The summed E-state index contributed by atoms with van der Waals surface area (Å²) in [7, 11) is 1.59. The van der Waals surface area contributed by atoms with Gasteiger partial charge in [0, 0.05) is 19.2 Å². The van der Waals surface area contributed by atoms with Gasteiger partial charge in [-0.25, -0.2) is 0 Å². The van der Waals surface area contributed by atoms with Gasteiger partial charge in [0.2, 0.25) is 0 Å². The molecule has 0 atom stereocenters. The van der Waals surface area contributed by atoms with E-state index in [-0.39, 0.29) is 18.0 Å². The van der Waals surface area contributed by atoms with Crippen LogP contribution in [0.1, 0.15) is 28.4 Å². The van der Waals surface area contributed by atoms with Crippen LogP contribution < -0.4 is 10.3 Å². The van der Waals surface area contributed by atoms with E-state index >= 15 is 0 Å². The lowest BCUT2D eigenvalue weighted by molar-refractivity contribution is 0.0675. The number of aryl methyl sites for hydroxylation is 1. The van der Waals surface area contributed by atoms with Gasteiger partial charge < -0.3 is 19.4 Å². The van der Waals surface area contributed by atoms with E-state index in [1.165, 1.54) is 0 Å². The average molecular weight is 394 g/mol. The molecule has 6 nitrogen and oxygen atoms in total. The number of amides is 1. The fraction of sp³-hybridized carbons (Fsp3) is 0.304. The molecule has 0 fully saturated rings. The summed E-state index contributed by atoms with van der Waals surface area (Å²) in [6.45, 7) is 5.21. The third-order valence-corrected chi connectivity index (χ3v) is 4.80. The van der Waals surface area contributed by atoms with Crippen LogP contribution in [-0.4, -0.2) is 42.7 Å². The molecule has 29 heavy (non-hydrogen) atoms. The summed E-state index contributed by atoms with van der Waals surface area (Å²) in [5.41, 5.74) is 2.63. The minimum absolute atomic E-state index is 0.182. The van der Waals surface area contributed by atoms with E-state index in [0.717, 1.165) is 16.5 Å². The van der Waals surface area contributed by atoms with Crippen molar-refractivity contribution in [3.8, 4) is 5.75 Å². The van der Waals surface area contributed by atoms with Gasteiger partial charge in [0.25, 0.3) is 11.5 Å². The minimum Gasteiger partial charge on any atom is -0.493 e. The second-order valence-corrected chi connectivity index (χ2v) is 6.81. The number of nitrogens with one attached hydrogen (secondary N) is 1. The van der Waals surface area contributed by atoms with Crippen molar-refractivity contribution in [3.05, 3.63) is 75.6 Å². The smallest absolute Gasteiger partial charge is 0.258 e. The molecule has 3 rings (SSSR count). The lowest BCUT2D eigenvalue weighted by Gasteiger charge is -2.23. The topological polar surface area (TPSA) is 71.6 Å². The summed E-state index contributed by atoms with van der Waals surface area (Å²) in [6.07, 6.45) is 0. The average Bonchev–Trinajstić information content (AvgIpc) is 2.72. The van der Waals surface area contributed by atoms with E-state index in [1.54, 1.807) is 30.2 Å². The number of nitrogens with zero attached hydrogens (tertiary/aromatic N) is 1. The Balaban J connectivity index is 1.96. The molecule has 152 valence electrons. The van der Waals surface area contributed by atoms with Crippen molar-refractivity contribution in [3.63, 3.8) is 0 Å². The number of pyridine rings is 1. The summed E-state index contributed by atoms with van der Waals surface area (Å²) in [5, 5.41) is 0.938. The van der Waals surface area contributed by atoms with Gasteiger partial charge in [0.05, 0.1) is 30.8 Å². The van der Waals surface area contributed by atoms with Gasteiger partial charge in [-0.05, 0) is 43.0 Å². The Morgan fingerprint density at radius 1 is 1.14 bits per heavy atom. The van der Waals surface area contributed by atoms with Gasteiger partial charge >= 0.3 is 0 Å². The minimum atomic E-state index is -0.199. The number of hydrogen-bond donors (Lipinski definition) is 1. The highest BCUT2D eigenvalue weighted by atomic mass is 16.5. The highest BCUT2D eigenvalue weighted by Crippen LogP contribution is 2.21. The number of para-hydroxylation sites is 2. The Morgan fingerprint density at radius 2 is 1.93 bits per heavy atom. The Bertz CT molecular complexity index is 1060. The first-order valence-corrected chi connectivity index (χ1v) is 9.66. The molecule has 6 heteroatoms. The second kappa shape index (κ2) is 9.39. The molecule has 3 aromatic rings. The molecule has 0 bridgehead atoms. The molecule has 1 amide bonds. The number of hydrogen-bond acceptors (Lipinski definition) is 4. The van der Waals surface area contributed by atoms with Crippen molar-refractivity contribution in [2.45, 2.75) is 20.4 Å². The molecular formula is C23H26N2O4. The first kappa shape index (κ1) is 20.6. The summed E-state index contributed by atoms with van der Waals surface area (Å²) in [5.74, 6) is 0.334. The zero-order chi connectivity index (χ0) is 20.8. The lowest BCUT2D eigenvalue weighted by atomic mass is 10.1. The molecule has 1 N–H and O–H groups in total. The molecule has 1 aromatic heterocycles. The Hall–Kier alpha value is -3.12. The molecule has 0 unspecified atom stereocenters. The van der Waals surface area contributed by atoms with Gasteiger partial charge in [-0.15, -0.1) is 0 Å². The zero-order valence-electron chi connectivity index (χ0n) is 17.0. The number of carbonyl (C=O) groups is 1. The van der Waals surface area contributed by atoms with Gasteiger partial charge in [0.1, 0.15) is 5.75 Å². The quantitative estimate of drug-likeness (QED) is 0.635. The second-order valence-electron chi connectivity index (χ2n) is 6.81. The number of aromatic amines is 1. The van der Waals surface area contributed by atoms with Crippen LogP contribution in [0.15, 0.2) is 53.3 Å². The van der Waals surface area contributed by atoms with E-state index in [0.29, 0.717) is 36.6 Å². The normalized spacial score (nSPS) is 10.9. The van der Waals surface area contributed by atoms with Crippen LogP contribution in [-0.2, 0) is 11.3 Å². The zero-order valence-corrected chi connectivity index (χ0v) is 17.0. The van der Waals surface area contributed by atoms with Gasteiger partial charge in [-0.2, -0.15) is 0 Å². The van der Waals surface area contributed by atoms with Crippen LogP contribution in [0.3, 0.4) is 0 Å². The van der Waals surface area contributed by atoms with E-state index in [1.807, 2.05) is 44.2 Å². The first-order valence-electron chi connectivity index (χ1n) is 9.66. The van der Waals surface area contributed by atoms with Crippen LogP contribution in [0, 0.1) is 6.92 Å². The molecule has 0 aliphatic rings. The van der Waals surface area contributed by atoms with Crippen LogP contribution in [0.4, 0.5) is 0 Å². The monoisotopic (exact) mass is 394 g/mol. The fourth-order valence-corrected chi connectivity index (χ4v) is 3.30. The summed E-state index contributed by atoms with van der Waals surface area (Å²) in [4.78, 5) is 30.5. The van der Waals surface area contributed by atoms with E-state index < -0.39 is 0 Å². The molecule has 0 spiro atoms. The molecular weight excluding hydrogens is 368 g/mol. The van der Waals surface area contributed by atoms with Crippen molar-refractivity contribution in [2.24, 2.45) is 0 Å². The van der Waals surface area contributed by atoms with Crippen LogP contribution in [0.5, 0.6) is 5.75 Å². The number of H-pyrrole nitrogens is 1. The number of aromatic nitrogens is 1. The van der Waals surface area contributed by atoms with Crippen molar-refractivity contribution >= 4 is 16.8 Å². The standard InChI is InChI=1S/C23H26N2O4/c1-4-29-20-11-6-5-10-19(20)23(27)25(12-13-28-3)15-18-14-17-9-7-8-16(2)21(17)24-22(18)26/h5-11,14H,4,12-13,15H2,1-3H3,(H,24,26). The molecule has 2 aromatic carbocycles.